The highest BCUT2D eigenvalue weighted by atomic mass is 32.2. The summed E-state index contributed by atoms with van der Waals surface area (Å²) < 4.78 is 13.4. The van der Waals surface area contributed by atoms with E-state index in [1.54, 1.807) is 6.26 Å². The molecule has 5 heteroatoms. The monoisotopic (exact) mass is 241 g/mol. The van der Waals surface area contributed by atoms with E-state index in [0.717, 1.165) is 44.1 Å². The first-order chi connectivity index (χ1) is 7.72. The Morgan fingerprint density at radius 1 is 1.56 bits per heavy atom. The summed E-state index contributed by atoms with van der Waals surface area (Å²) in [5.74, 6) is 1.86. The maximum Gasteiger partial charge on any atom is 0.109 e. The Labute approximate surface area is 98.9 Å². The van der Waals surface area contributed by atoms with Gasteiger partial charge in [0.15, 0.2) is 0 Å². The maximum atomic E-state index is 11.2. The van der Waals surface area contributed by atoms with Gasteiger partial charge in [0.25, 0.3) is 0 Å². The number of nitrogens with zero attached hydrogens (tertiary/aromatic N) is 2. The fraction of sp³-hybridized carbons (Fsp3) is 0.727. The molecule has 1 aromatic heterocycles. The molecule has 0 spiro atoms. The van der Waals surface area contributed by atoms with E-state index < -0.39 is 10.8 Å². The van der Waals surface area contributed by atoms with Crippen molar-refractivity contribution in [3.63, 3.8) is 0 Å². The molecular weight excluding hydrogens is 222 g/mol. The second kappa shape index (κ2) is 5.10. The molecule has 0 radical (unpaired) electrons. The van der Waals surface area contributed by atoms with Gasteiger partial charge in [-0.15, -0.1) is 0 Å². The maximum absolute atomic E-state index is 11.2. The molecule has 90 valence electrons. The van der Waals surface area contributed by atoms with Crippen molar-refractivity contribution in [1.82, 2.24) is 14.9 Å². The quantitative estimate of drug-likeness (QED) is 0.833. The van der Waals surface area contributed by atoms with E-state index in [9.17, 15) is 4.21 Å². The minimum Gasteiger partial charge on any atom is -0.331 e. The van der Waals surface area contributed by atoms with Crippen LogP contribution in [0, 0.1) is 0 Å². The number of nitrogens with one attached hydrogen (secondary N) is 1. The van der Waals surface area contributed by atoms with Crippen molar-refractivity contribution in [1.29, 1.82) is 0 Å². The van der Waals surface area contributed by atoms with Gasteiger partial charge in [0.1, 0.15) is 5.82 Å². The minimum absolute atomic E-state index is 0.725. The molecule has 1 aromatic rings. The Bertz CT molecular complexity index is 400. The Hall–Kier alpha value is -0.680. The van der Waals surface area contributed by atoms with E-state index in [0.29, 0.717) is 0 Å². The van der Waals surface area contributed by atoms with Gasteiger partial charge in [-0.25, -0.2) is 4.98 Å². The normalized spacial score (nSPS) is 17.1. The smallest absolute Gasteiger partial charge is 0.109 e. The van der Waals surface area contributed by atoms with E-state index in [4.69, 9.17) is 0 Å². The molecule has 0 saturated carbocycles. The van der Waals surface area contributed by atoms with Crippen LogP contribution >= 0.6 is 0 Å². The molecule has 0 aliphatic carbocycles. The van der Waals surface area contributed by atoms with Crippen LogP contribution < -0.4 is 5.32 Å². The molecule has 2 rings (SSSR count). The lowest BCUT2D eigenvalue weighted by molar-refractivity contribution is 0.591. The number of rotatable bonds is 4. The molecule has 1 aliphatic heterocycles. The fourth-order valence-electron chi connectivity index (χ4n) is 2.18. The zero-order valence-corrected chi connectivity index (χ0v) is 10.8. The van der Waals surface area contributed by atoms with E-state index >= 15 is 0 Å². The highest BCUT2D eigenvalue weighted by Gasteiger charge is 2.18. The van der Waals surface area contributed by atoms with Crippen molar-refractivity contribution < 1.29 is 4.21 Å². The van der Waals surface area contributed by atoms with E-state index in [1.807, 2.05) is 0 Å². The summed E-state index contributed by atoms with van der Waals surface area (Å²) in [7, 11) is -0.725. The van der Waals surface area contributed by atoms with Crippen molar-refractivity contribution in [2.75, 3.05) is 18.6 Å². The first-order valence-corrected chi connectivity index (χ1v) is 7.53. The molecule has 1 aliphatic rings. The lowest BCUT2D eigenvalue weighted by Crippen LogP contribution is -2.25. The Balaban J connectivity index is 2.25. The molecule has 4 nitrogen and oxygen atoms in total. The van der Waals surface area contributed by atoms with Crippen LogP contribution in [0.5, 0.6) is 0 Å². The molecule has 2 heterocycles. The van der Waals surface area contributed by atoms with Gasteiger partial charge in [0, 0.05) is 61.0 Å². The summed E-state index contributed by atoms with van der Waals surface area (Å²) in [6.07, 6.45) is 3.75. The molecule has 0 fully saturated rings. The van der Waals surface area contributed by atoms with Crippen LogP contribution in [-0.2, 0) is 36.7 Å². The molecule has 16 heavy (non-hydrogen) atoms. The predicted octanol–water partition coefficient (Wildman–Crippen LogP) is 0.470. The van der Waals surface area contributed by atoms with Crippen LogP contribution in [0.1, 0.15) is 24.1 Å². The summed E-state index contributed by atoms with van der Waals surface area (Å²) >= 11 is 0. The number of aromatic nitrogens is 2. The summed E-state index contributed by atoms with van der Waals surface area (Å²) in [4.78, 5) is 4.65. The minimum atomic E-state index is -0.725. The van der Waals surface area contributed by atoms with Crippen LogP contribution in [0.4, 0.5) is 0 Å². The summed E-state index contributed by atoms with van der Waals surface area (Å²) in [6.45, 7) is 4.87. The van der Waals surface area contributed by atoms with Crippen molar-refractivity contribution in [3.05, 3.63) is 17.2 Å². The van der Waals surface area contributed by atoms with Gasteiger partial charge in [-0.1, -0.05) is 6.92 Å². The van der Waals surface area contributed by atoms with Gasteiger partial charge in [-0.2, -0.15) is 0 Å². The second-order valence-corrected chi connectivity index (χ2v) is 5.69. The Kier molecular flexibility index (Phi) is 3.76. The third-order valence-corrected chi connectivity index (χ3v) is 3.74. The van der Waals surface area contributed by atoms with Gasteiger partial charge in [0.2, 0.25) is 0 Å². The third kappa shape index (κ3) is 2.35. The fourth-order valence-corrected chi connectivity index (χ4v) is 2.62. The van der Waals surface area contributed by atoms with Crippen LogP contribution in [0.2, 0.25) is 0 Å². The number of hydrogen-bond acceptors (Lipinski definition) is 3. The molecule has 0 aromatic carbocycles. The molecule has 1 N–H and O–H groups in total. The first-order valence-electron chi connectivity index (χ1n) is 5.80. The van der Waals surface area contributed by atoms with E-state index in [1.165, 1.54) is 11.4 Å². The molecule has 0 bridgehead atoms. The SMILES string of the molecule is CCc1nc2c(n1CCS(C)=O)CCNC2. The largest absolute Gasteiger partial charge is 0.331 e. The van der Waals surface area contributed by atoms with Crippen LogP contribution in [0.25, 0.3) is 0 Å². The summed E-state index contributed by atoms with van der Waals surface area (Å²) in [6, 6.07) is 0. The lowest BCUT2D eigenvalue weighted by Gasteiger charge is -2.15. The van der Waals surface area contributed by atoms with Crippen molar-refractivity contribution in [2.24, 2.45) is 0 Å². The number of imidazole rings is 1. The second-order valence-electron chi connectivity index (χ2n) is 4.13. The molecule has 0 saturated heterocycles. The zero-order valence-electron chi connectivity index (χ0n) is 9.95. The van der Waals surface area contributed by atoms with E-state index in [-0.39, 0.29) is 0 Å². The molecule has 1 atom stereocenters. The van der Waals surface area contributed by atoms with Crippen molar-refractivity contribution in [3.8, 4) is 0 Å². The summed E-state index contributed by atoms with van der Waals surface area (Å²) in [5, 5.41) is 3.33. The topological polar surface area (TPSA) is 46.9 Å². The standard InChI is InChI=1S/C11H19N3OS/c1-3-11-13-9-8-12-5-4-10(9)14(11)6-7-16(2)15/h12H,3-8H2,1-2H3. The average molecular weight is 241 g/mol. The van der Waals surface area contributed by atoms with Gasteiger partial charge in [0.05, 0.1) is 5.69 Å². The Morgan fingerprint density at radius 2 is 2.38 bits per heavy atom. The van der Waals surface area contributed by atoms with Crippen LogP contribution in [-0.4, -0.2) is 32.3 Å². The first kappa shape index (κ1) is 11.8. The molecule has 1 unspecified atom stereocenters. The number of hydrogen-bond donors (Lipinski definition) is 1. The Morgan fingerprint density at radius 3 is 3.06 bits per heavy atom. The van der Waals surface area contributed by atoms with Crippen LogP contribution in [0.3, 0.4) is 0 Å². The van der Waals surface area contributed by atoms with Gasteiger partial charge >= 0.3 is 0 Å². The lowest BCUT2D eigenvalue weighted by atomic mass is 10.2. The highest BCUT2D eigenvalue weighted by Crippen LogP contribution is 2.16. The highest BCUT2D eigenvalue weighted by molar-refractivity contribution is 7.84. The van der Waals surface area contributed by atoms with Crippen LogP contribution in [0.15, 0.2) is 0 Å². The van der Waals surface area contributed by atoms with E-state index in [2.05, 4.69) is 21.8 Å². The molecule has 0 amide bonds. The van der Waals surface area contributed by atoms with Gasteiger partial charge < -0.3 is 9.88 Å². The van der Waals surface area contributed by atoms with Gasteiger partial charge in [-0.05, 0) is 0 Å². The number of aryl methyl sites for hydroxylation is 1. The van der Waals surface area contributed by atoms with Crippen molar-refractivity contribution >= 4 is 10.8 Å². The average Bonchev–Trinajstić information content (AvgIpc) is 2.64. The van der Waals surface area contributed by atoms with Crippen molar-refractivity contribution in [2.45, 2.75) is 32.9 Å². The summed E-state index contributed by atoms with van der Waals surface area (Å²) in [5.41, 5.74) is 2.53. The third-order valence-electron chi connectivity index (χ3n) is 2.98. The zero-order chi connectivity index (χ0) is 11.5. The molecular formula is C11H19N3OS. The predicted molar refractivity (Wildman–Crippen MR) is 65.9 cm³/mol. The number of fused-ring (bicyclic) bond motifs is 1. The van der Waals surface area contributed by atoms with Gasteiger partial charge in [-0.3, -0.25) is 4.21 Å².